The Kier molecular flexibility index (Phi) is 15.5. The van der Waals surface area contributed by atoms with E-state index in [1.807, 2.05) is 0 Å². The number of ether oxygens (including phenoxy) is 4. The van der Waals surface area contributed by atoms with Crippen LogP contribution in [0.5, 0.6) is 0 Å². The summed E-state index contributed by atoms with van der Waals surface area (Å²) in [5, 5.41) is 60.7. The number of unbranched alkanes of at least 4 members (excludes halogenated alkanes) is 9. The zero-order chi connectivity index (χ0) is 29.0. The molecule has 2 aliphatic heterocycles. The summed E-state index contributed by atoms with van der Waals surface area (Å²) in [7, 11) is -5.16. The first-order valence-corrected chi connectivity index (χ1v) is 15.1. The van der Waals surface area contributed by atoms with Gasteiger partial charge in [-0.05, 0) is 6.42 Å². The van der Waals surface area contributed by atoms with Gasteiger partial charge in [0.05, 0.1) is 13.2 Å². The minimum atomic E-state index is -5.16. The summed E-state index contributed by atoms with van der Waals surface area (Å²) in [6, 6.07) is 0. The lowest BCUT2D eigenvalue weighted by Gasteiger charge is -2.45. The standard InChI is InChI=1S/C24H46O14S/c1-2-3-4-5-6-7-8-9-10-11-12-34-14-16-17(26)18(27)19(28)24(36-16)37-21-15(13-25)35-23(30)20(29)22(21)38-39(31,32)33/h15-30H,2-14H2,1H3,(H,31,32,33)/t15-,16-,17+,18+,19-,20-,21-,22-,23+,24+/m1/s1. The van der Waals surface area contributed by atoms with Gasteiger partial charge in [0.15, 0.2) is 12.6 Å². The van der Waals surface area contributed by atoms with Crippen molar-refractivity contribution < 1.29 is 66.7 Å². The normalized spacial score (nSPS) is 35.8. The minimum Gasteiger partial charge on any atom is -0.394 e. The molecule has 7 N–H and O–H groups in total. The van der Waals surface area contributed by atoms with Crippen LogP contribution in [0.1, 0.15) is 71.1 Å². The van der Waals surface area contributed by atoms with E-state index in [-0.39, 0.29) is 6.61 Å². The van der Waals surface area contributed by atoms with Crippen molar-refractivity contribution in [2.75, 3.05) is 19.8 Å². The van der Waals surface area contributed by atoms with Gasteiger partial charge >= 0.3 is 10.4 Å². The Balaban J connectivity index is 1.86. The molecule has 10 atom stereocenters. The summed E-state index contributed by atoms with van der Waals surface area (Å²) >= 11 is 0. The molecule has 2 saturated heterocycles. The molecule has 0 aliphatic carbocycles. The summed E-state index contributed by atoms with van der Waals surface area (Å²) in [4.78, 5) is 0. The van der Waals surface area contributed by atoms with Gasteiger partial charge in [0, 0.05) is 6.61 Å². The highest BCUT2D eigenvalue weighted by molar-refractivity contribution is 7.80. The van der Waals surface area contributed by atoms with Gasteiger partial charge in [0.1, 0.15) is 48.8 Å². The highest BCUT2D eigenvalue weighted by Crippen LogP contribution is 2.30. The van der Waals surface area contributed by atoms with E-state index in [0.717, 1.165) is 25.7 Å². The van der Waals surface area contributed by atoms with E-state index in [0.29, 0.717) is 6.61 Å². The quantitative estimate of drug-likeness (QED) is 0.0781. The second kappa shape index (κ2) is 17.4. The molecule has 0 aromatic heterocycles. The van der Waals surface area contributed by atoms with Crippen molar-refractivity contribution in [2.24, 2.45) is 0 Å². The van der Waals surface area contributed by atoms with Crippen LogP contribution in [0.4, 0.5) is 0 Å². The van der Waals surface area contributed by atoms with Crippen LogP contribution in [0.2, 0.25) is 0 Å². The number of hydrogen-bond donors (Lipinski definition) is 7. The molecule has 14 nitrogen and oxygen atoms in total. The van der Waals surface area contributed by atoms with E-state index in [4.69, 9.17) is 23.5 Å². The summed E-state index contributed by atoms with van der Waals surface area (Å²) in [5.41, 5.74) is 0. The molecule has 39 heavy (non-hydrogen) atoms. The van der Waals surface area contributed by atoms with Crippen LogP contribution in [-0.4, -0.2) is 125 Å². The monoisotopic (exact) mass is 590 g/mol. The molecule has 0 bridgehead atoms. The Morgan fingerprint density at radius 2 is 1.31 bits per heavy atom. The van der Waals surface area contributed by atoms with E-state index in [9.17, 15) is 39.1 Å². The third kappa shape index (κ3) is 11.3. The first-order chi connectivity index (χ1) is 18.5. The van der Waals surface area contributed by atoms with Gasteiger partial charge in [-0.3, -0.25) is 4.55 Å². The van der Waals surface area contributed by atoms with E-state index in [1.165, 1.54) is 38.5 Å². The topological polar surface area (TPSA) is 222 Å². The van der Waals surface area contributed by atoms with Crippen molar-refractivity contribution in [1.82, 2.24) is 0 Å². The van der Waals surface area contributed by atoms with E-state index in [2.05, 4.69) is 11.1 Å². The van der Waals surface area contributed by atoms with Crippen LogP contribution in [0, 0.1) is 0 Å². The summed E-state index contributed by atoms with van der Waals surface area (Å²) < 4.78 is 57.8. The smallest absolute Gasteiger partial charge is 0.394 e. The lowest BCUT2D eigenvalue weighted by molar-refractivity contribution is -0.353. The molecule has 0 amide bonds. The zero-order valence-corrected chi connectivity index (χ0v) is 23.2. The van der Waals surface area contributed by atoms with E-state index in [1.54, 1.807) is 0 Å². The molecule has 15 heteroatoms. The van der Waals surface area contributed by atoms with Crippen LogP contribution < -0.4 is 0 Å². The van der Waals surface area contributed by atoms with Gasteiger partial charge in [-0.2, -0.15) is 8.42 Å². The molecule has 0 saturated carbocycles. The van der Waals surface area contributed by atoms with E-state index >= 15 is 0 Å². The Bertz CT molecular complexity index is 770. The number of aliphatic hydroxyl groups excluding tert-OH is 6. The van der Waals surface area contributed by atoms with Gasteiger partial charge in [0.2, 0.25) is 0 Å². The molecule has 2 heterocycles. The molecular weight excluding hydrogens is 544 g/mol. The first kappa shape index (κ1) is 34.7. The molecule has 2 aliphatic rings. The molecule has 0 unspecified atom stereocenters. The lowest BCUT2D eigenvalue weighted by Crippen LogP contribution is -2.65. The third-order valence-electron chi connectivity index (χ3n) is 6.93. The maximum atomic E-state index is 11.3. The Morgan fingerprint density at radius 3 is 1.87 bits per heavy atom. The van der Waals surface area contributed by atoms with Crippen molar-refractivity contribution in [3.8, 4) is 0 Å². The first-order valence-electron chi connectivity index (χ1n) is 13.7. The van der Waals surface area contributed by atoms with Crippen molar-refractivity contribution in [2.45, 2.75) is 133 Å². The molecule has 0 aromatic carbocycles. The summed E-state index contributed by atoms with van der Waals surface area (Å²) in [6.45, 7) is 1.57. The Hall–Kier alpha value is -0.530. The van der Waals surface area contributed by atoms with Gasteiger partial charge < -0.3 is 49.6 Å². The van der Waals surface area contributed by atoms with Crippen LogP contribution in [0.3, 0.4) is 0 Å². The third-order valence-corrected chi connectivity index (χ3v) is 7.40. The average Bonchev–Trinajstić information content (AvgIpc) is 2.88. The van der Waals surface area contributed by atoms with Gasteiger partial charge in [-0.15, -0.1) is 0 Å². The van der Waals surface area contributed by atoms with Crippen molar-refractivity contribution in [1.29, 1.82) is 0 Å². The van der Waals surface area contributed by atoms with Crippen molar-refractivity contribution >= 4 is 10.4 Å². The number of rotatable bonds is 18. The minimum absolute atomic E-state index is 0.154. The maximum Gasteiger partial charge on any atom is 0.397 e. The average molecular weight is 591 g/mol. The van der Waals surface area contributed by atoms with Crippen LogP contribution >= 0.6 is 0 Å². The number of aliphatic hydroxyl groups is 6. The number of hydrogen-bond acceptors (Lipinski definition) is 13. The molecule has 232 valence electrons. The molecule has 0 aromatic rings. The molecule has 0 radical (unpaired) electrons. The zero-order valence-electron chi connectivity index (χ0n) is 22.4. The van der Waals surface area contributed by atoms with Crippen LogP contribution in [0.25, 0.3) is 0 Å². The summed E-state index contributed by atoms with van der Waals surface area (Å²) in [6.07, 6.45) is -5.65. The second-order valence-electron chi connectivity index (χ2n) is 10.1. The van der Waals surface area contributed by atoms with E-state index < -0.39 is 78.4 Å². The fraction of sp³-hybridized carbons (Fsp3) is 1.00. The Morgan fingerprint density at radius 1 is 0.718 bits per heavy atom. The van der Waals surface area contributed by atoms with Gasteiger partial charge in [-0.25, -0.2) is 4.18 Å². The molecular formula is C24H46O14S. The second-order valence-corrected chi connectivity index (χ2v) is 11.1. The predicted molar refractivity (Wildman–Crippen MR) is 135 cm³/mol. The van der Waals surface area contributed by atoms with Crippen LogP contribution in [-0.2, 0) is 33.5 Å². The molecule has 0 spiro atoms. The highest BCUT2D eigenvalue weighted by atomic mass is 32.3. The maximum absolute atomic E-state index is 11.3. The van der Waals surface area contributed by atoms with Crippen molar-refractivity contribution in [3.05, 3.63) is 0 Å². The summed E-state index contributed by atoms with van der Waals surface area (Å²) in [5.74, 6) is 0. The molecule has 2 fully saturated rings. The SMILES string of the molecule is CCCCCCCCCCCCOC[C@H]1O[C@@H](O[C@H]2[C@H](OS(=O)(=O)O)[C@@H](O)[C@@H](O)O[C@@H]2CO)[C@H](O)[C@@H](O)[C@H]1O. The fourth-order valence-corrected chi connectivity index (χ4v) is 5.19. The Labute approximate surface area is 229 Å². The van der Waals surface area contributed by atoms with Gasteiger partial charge in [-0.1, -0.05) is 64.7 Å². The fourth-order valence-electron chi connectivity index (χ4n) is 4.68. The van der Waals surface area contributed by atoms with Crippen molar-refractivity contribution in [3.63, 3.8) is 0 Å². The molecule has 2 rings (SSSR count). The van der Waals surface area contributed by atoms with Gasteiger partial charge in [0.25, 0.3) is 0 Å². The highest BCUT2D eigenvalue weighted by Gasteiger charge is 2.52. The largest absolute Gasteiger partial charge is 0.397 e. The lowest BCUT2D eigenvalue weighted by atomic mass is 9.97. The van der Waals surface area contributed by atoms with Crippen LogP contribution in [0.15, 0.2) is 0 Å². The predicted octanol–water partition coefficient (Wildman–Crippen LogP) is -0.625.